The van der Waals surface area contributed by atoms with Gasteiger partial charge in [-0.25, -0.2) is 0 Å². The second-order valence-electron chi connectivity index (χ2n) is 7.08. The number of amides is 1. The molecule has 4 heteroatoms. The third-order valence-electron chi connectivity index (χ3n) is 5.42. The summed E-state index contributed by atoms with van der Waals surface area (Å²) in [6, 6.07) is 9.22. The third-order valence-corrected chi connectivity index (χ3v) is 5.42. The van der Waals surface area contributed by atoms with Crippen molar-refractivity contribution in [2.75, 3.05) is 39.3 Å². The first kappa shape index (κ1) is 17.4. The van der Waals surface area contributed by atoms with E-state index in [0.717, 1.165) is 52.0 Å². The predicted octanol–water partition coefficient (Wildman–Crippen LogP) is 2.60. The van der Waals surface area contributed by atoms with E-state index in [0.29, 0.717) is 18.5 Å². The molecule has 1 atom stereocenters. The molecule has 2 aliphatic heterocycles. The van der Waals surface area contributed by atoms with E-state index in [9.17, 15) is 4.79 Å². The SMILES string of the molecule is CCc1ccc(C2CNCCN2CC(=O)N2CCCCCC2)cc1. The van der Waals surface area contributed by atoms with Crippen molar-refractivity contribution >= 4 is 5.91 Å². The van der Waals surface area contributed by atoms with Gasteiger partial charge in [0.2, 0.25) is 5.91 Å². The van der Waals surface area contributed by atoms with Crippen LogP contribution in [0.25, 0.3) is 0 Å². The Hall–Kier alpha value is -1.39. The molecule has 0 spiro atoms. The van der Waals surface area contributed by atoms with Gasteiger partial charge >= 0.3 is 0 Å². The van der Waals surface area contributed by atoms with Gasteiger partial charge < -0.3 is 10.2 Å². The fraction of sp³-hybridized carbons (Fsp3) is 0.650. The van der Waals surface area contributed by atoms with Crippen LogP contribution in [-0.4, -0.2) is 55.0 Å². The molecule has 3 rings (SSSR count). The minimum Gasteiger partial charge on any atom is -0.342 e. The summed E-state index contributed by atoms with van der Waals surface area (Å²) in [5.74, 6) is 0.314. The van der Waals surface area contributed by atoms with Crippen LogP contribution in [0.1, 0.15) is 49.8 Å². The van der Waals surface area contributed by atoms with E-state index in [2.05, 4.69) is 46.3 Å². The van der Waals surface area contributed by atoms with E-state index in [1.807, 2.05) is 0 Å². The largest absolute Gasteiger partial charge is 0.342 e. The highest BCUT2D eigenvalue weighted by molar-refractivity contribution is 5.78. The molecule has 1 aromatic carbocycles. The van der Waals surface area contributed by atoms with Crippen LogP contribution in [0.5, 0.6) is 0 Å². The first-order valence-electron chi connectivity index (χ1n) is 9.59. The molecular formula is C20H31N3O. The normalized spacial score (nSPS) is 23.0. The maximum atomic E-state index is 12.8. The van der Waals surface area contributed by atoms with Crippen LogP contribution in [-0.2, 0) is 11.2 Å². The van der Waals surface area contributed by atoms with Crippen molar-refractivity contribution < 1.29 is 4.79 Å². The first-order chi connectivity index (χ1) is 11.8. The number of benzene rings is 1. The number of likely N-dealkylation sites (tertiary alicyclic amines) is 1. The van der Waals surface area contributed by atoms with Crippen molar-refractivity contribution in [2.24, 2.45) is 0 Å². The molecule has 2 saturated heterocycles. The lowest BCUT2D eigenvalue weighted by molar-refractivity contribution is -0.133. The van der Waals surface area contributed by atoms with Crippen LogP contribution in [0.3, 0.4) is 0 Å². The molecule has 2 heterocycles. The number of hydrogen-bond donors (Lipinski definition) is 1. The van der Waals surface area contributed by atoms with Crippen molar-refractivity contribution in [3.8, 4) is 0 Å². The van der Waals surface area contributed by atoms with Gasteiger partial charge in [0.05, 0.1) is 6.54 Å². The van der Waals surface area contributed by atoms with Crippen molar-refractivity contribution in [1.29, 1.82) is 0 Å². The van der Waals surface area contributed by atoms with Gasteiger partial charge in [-0.3, -0.25) is 9.69 Å². The molecule has 2 fully saturated rings. The molecule has 132 valence electrons. The van der Waals surface area contributed by atoms with Crippen molar-refractivity contribution in [1.82, 2.24) is 15.1 Å². The predicted molar refractivity (Wildman–Crippen MR) is 98.1 cm³/mol. The zero-order chi connectivity index (χ0) is 16.8. The van der Waals surface area contributed by atoms with Gasteiger partial charge in [-0.1, -0.05) is 44.0 Å². The first-order valence-corrected chi connectivity index (χ1v) is 9.59. The molecule has 1 aromatic rings. The number of nitrogens with zero attached hydrogens (tertiary/aromatic N) is 2. The van der Waals surface area contributed by atoms with E-state index in [1.165, 1.54) is 24.0 Å². The van der Waals surface area contributed by atoms with E-state index in [4.69, 9.17) is 0 Å². The quantitative estimate of drug-likeness (QED) is 0.922. The lowest BCUT2D eigenvalue weighted by Gasteiger charge is -2.37. The number of nitrogens with one attached hydrogen (secondary N) is 1. The second-order valence-corrected chi connectivity index (χ2v) is 7.08. The summed E-state index contributed by atoms with van der Waals surface area (Å²) in [6.45, 7) is 7.47. The molecule has 0 aromatic heterocycles. The standard InChI is InChI=1S/C20H31N3O/c1-2-17-7-9-18(10-8-17)19-15-21-11-14-23(19)16-20(24)22-12-5-3-4-6-13-22/h7-10,19,21H,2-6,11-16H2,1H3. The smallest absolute Gasteiger partial charge is 0.236 e. The Kier molecular flexibility index (Phi) is 6.27. The van der Waals surface area contributed by atoms with Crippen LogP contribution in [0.2, 0.25) is 0 Å². The molecule has 0 bridgehead atoms. The highest BCUT2D eigenvalue weighted by atomic mass is 16.2. The highest BCUT2D eigenvalue weighted by Gasteiger charge is 2.27. The molecule has 0 saturated carbocycles. The molecule has 0 aliphatic carbocycles. The fourth-order valence-corrected chi connectivity index (χ4v) is 3.83. The van der Waals surface area contributed by atoms with E-state index in [1.54, 1.807) is 0 Å². The van der Waals surface area contributed by atoms with Crippen LogP contribution in [0.15, 0.2) is 24.3 Å². The van der Waals surface area contributed by atoms with Crippen molar-refractivity contribution in [2.45, 2.75) is 45.1 Å². The average molecular weight is 329 g/mol. The van der Waals surface area contributed by atoms with Gasteiger partial charge in [0, 0.05) is 38.8 Å². The Morgan fingerprint density at radius 2 is 1.79 bits per heavy atom. The van der Waals surface area contributed by atoms with Gasteiger partial charge in [-0.15, -0.1) is 0 Å². The zero-order valence-electron chi connectivity index (χ0n) is 15.0. The molecule has 2 aliphatic rings. The maximum Gasteiger partial charge on any atom is 0.236 e. The molecule has 1 unspecified atom stereocenters. The molecular weight excluding hydrogens is 298 g/mol. The summed E-state index contributed by atoms with van der Waals surface area (Å²) in [5.41, 5.74) is 2.69. The summed E-state index contributed by atoms with van der Waals surface area (Å²) in [6.07, 6.45) is 5.93. The number of carbonyl (C=O) groups is 1. The molecule has 1 amide bonds. The summed E-state index contributed by atoms with van der Waals surface area (Å²) < 4.78 is 0. The Morgan fingerprint density at radius 3 is 2.46 bits per heavy atom. The number of piperazine rings is 1. The highest BCUT2D eigenvalue weighted by Crippen LogP contribution is 2.23. The van der Waals surface area contributed by atoms with Crippen molar-refractivity contribution in [3.05, 3.63) is 35.4 Å². The average Bonchev–Trinajstić information content (AvgIpc) is 2.92. The molecule has 24 heavy (non-hydrogen) atoms. The topological polar surface area (TPSA) is 35.6 Å². The third kappa shape index (κ3) is 4.37. The van der Waals surface area contributed by atoms with Gasteiger partial charge in [0.25, 0.3) is 0 Å². The van der Waals surface area contributed by atoms with Crippen LogP contribution >= 0.6 is 0 Å². The minimum absolute atomic E-state index is 0.306. The van der Waals surface area contributed by atoms with Gasteiger partial charge in [0.15, 0.2) is 0 Å². The number of rotatable bonds is 4. The fourth-order valence-electron chi connectivity index (χ4n) is 3.83. The molecule has 1 N–H and O–H groups in total. The van der Waals surface area contributed by atoms with Gasteiger partial charge in [-0.2, -0.15) is 0 Å². The van der Waals surface area contributed by atoms with Crippen LogP contribution < -0.4 is 5.32 Å². The molecule has 4 nitrogen and oxygen atoms in total. The number of hydrogen-bond acceptors (Lipinski definition) is 3. The zero-order valence-corrected chi connectivity index (χ0v) is 15.0. The Labute approximate surface area is 146 Å². The Bertz CT molecular complexity index is 520. The van der Waals surface area contributed by atoms with Crippen LogP contribution in [0.4, 0.5) is 0 Å². The Balaban J connectivity index is 1.66. The minimum atomic E-state index is 0.306. The maximum absolute atomic E-state index is 12.8. The summed E-state index contributed by atoms with van der Waals surface area (Å²) in [4.78, 5) is 17.2. The summed E-state index contributed by atoms with van der Waals surface area (Å²) in [7, 11) is 0. The lowest BCUT2D eigenvalue weighted by Crippen LogP contribution is -2.50. The monoisotopic (exact) mass is 329 g/mol. The van der Waals surface area contributed by atoms with Crippen LogP contribution in [0, 0.1) is 0 Å². The van der Waals surface area contributed by atoms with E-state index >= 15 is 0 Å². The molecule has 0 radical (unpaired) electrons. The number of carbonyl (C=O) groups excluding carboxylic acids is 1. The van der Waals surface area contributed by atoms with E-state index in [-0.39, 0.29) is 0 Å². The van der Waals surface area contributed by atoms with Gasteiger partial charge in [0.1, 0.15) is 0 Å². The van der Waals surface area contributed by atoms with Crippen molar-refractivity contribution in [3.63, 3.8) is 0 Å². The van der Waals surface area contributed by atoms with Gasteiger partial charge in [-0.05, 0) is 30.4 Å². The van der Waals surface area contributed by atoms with E-state index < -0.39 is 0 Å². The number of aryl methyl sites for hydroxylation is 1. The summed E-state index contributed by atoms with van der Waals surface area (Å²) >= 11 is 0. The Morgan fingerprint density at radius 1 is 1.08 bits per heavy atom. The lowest BCUT2D eigenvalue weighted by atomic mass is 10.0. The second kappa shape index (κ2) is 8.63. The summed E-state index contributed by atoms with van der Waals surface area (Å²) in [5, 5.41) is 3.49.